The lowest BCUT2D eigenvalue weighted by molar-refractivity contribution is -0.141. The average molecular weight is 470 g/mol. The summed E-state index contributed by atoms with van der Waals surface area (Å²) in [5.74, 6) is -0.420. The number of rotatable bonds is 7. The smallest absolute Gasteiger partial charge is 0.243 e. The van der Waals surface area contributed by atoms with Crippen LogP contribution in [0.1, 0.15) is 45.2 Å². The molecule has 4 nitrogen and oxygen atoms in total. The van der Waals surface area contributed by atoms with Crippen molar-refractivity contribution in [1.82, 2.24) is 10.2 Å². The second-order valence-electron chi connectivity index (χ2n) is 8.19. The van der Waals surface area contributed by atoms with Crippen LogP contribution in [0.5, 0.6) is 0 Å². The maximum atomic E-state index is 13.3. The standard InChI is InChI=1S/C23H27Cl3N2O2/c1-5-20(22(30)27-23(2,3)4)28(14-17-18(25)10-7-11-19(17)26)21(29)13-15-8-6-9-16(24)12-15/h6-12,20H,5,13-14H2,1-4H3,(H,27,30). The van der Waals surface area contributed by atoms with Gasteiger partial charge in [0, 0.05) is 32.7 Å². The number of hydrogen-bond donors (Lipinski definition) is 1. The molecule has 2 aromatic carbocycles. The van der Waals surface area contributed by atoms with E-state index in [1.165, 1.54) is 0 Å². The summed E-state index contributed by atoms with van der Waals surface area (Å²) in [4.78, 5) is 27.9. The van der Waals surface area contributed by atoms with Gasteiger partial charge in [0.1, 0.15) is 6.04 Å². The normalized spacial score (nSPS) is 12.4. The van der Waals surface area contributed by atoms with E-state index in [0.29, 0.717) is 27.1 Å². The third-order valence-corrected chi connectivity index (χ3v) is 5.46. The van der Waals surface area contributed by atoms with Gasteiger partial charge in [-0.15, -0.1) is 0 Å². The molecule has 162 valence electrons. The minimum Gasteiger partial charge on any atom is -0.350 e. The summed E-state index contributed by atoms with van der Waals surface area (Å²) in [6.07, 6.45) is 0.563. The van der Waals surface area contributed by atoms with E-state index in [1.54, 1.807) is 41.3 Å². The molecule has 30 heavy (non-hydrogen) atoms. The summed E-state index contributed by atoms with van der Waals surface area (Å²) in [5, 5.41) is 4.43. The van der Waals surface area contributed by atoms with Crippen molar-refractivity contribution >= 4 is 46.6 Å². The van der Waals surface area contributed by atoms with Crippen molar-refractivity contribution in [2.75, 3.05) is 0 Å². The highest BCUT2D eigenvalue weighted by molar-refractivity contribution is 6.36. The van der Waals surface area contributed by atoms with Crippen LogP contribution in [0, 0.1) is 0 Å². The number of halogens is 3. The van der Waals surface area contributed by atoms with E-state index >= 15 is 0 Å². The second-order valence-corrected chi connectivity index (χ2v) is 9.44. The molecule has 0 heterocycles. The Kier molecular flexibility index (Phi) is 8.60. The van der Waals surface area contributed by atoms with Crippen LogP contribution in [-0.4, -0.2) is 28.3 Å². The fourth-order valence-electron chi connectivity index (χ4n) is 3.15. The number of nitrogens with zero attached hydrogens (tertiary/aromatic N) is 1. The lowest BCUT2D eigenvalue weighted by Gasteiger charge is -2.33. The highest BCUT2D eigenvalue weighted by Gasteiger charge is 2.31. The van der Waals surface area contributed by atoms with Gasteiger partial charge in [0.25, 0.3) is 0 Å². The Morgan fingerprint density at radius 2 is 1.63 bits per heavy atom. The molecule has 0 aliphatic heterocycles. The molecular formula is C23H27Cl3N2O2. The van der Waals surface area contributed by atoms with Crippen LogP contribution in [0.3, 0.4) is 0 Å². The molecule has 1 unspecified atom stereocenters. The van der Waals surface area contributed by atoms with Gasteiger partial charge in [0.15, 0.2) is 0 Å². The molecule has 1 N–H and O–H groups in total. The Morgan fingerprint density at radius 3 is 2.17 bits per heavy atom. The molecule has 7 heteroatoms. The van der Waals surface area contributed by atoms with Gasteiger partial charge in [-0.3, -0.25) is 9.59 Å². The van der Waals surface area contributed by atoms with Crippen molar-refractivity contribution in [1.29, 1.82) is 0 Å². The van der Waals surface area contributed by atoms with E-state index < -0.39 is 11.6 Å². The minimum absolute atomic E-state index is 0.113. The molecule has 0 aliphatic rings. The maximum Gasteiger partial charge on any atom is 0.243 e. The summed E-state index contributed by atoms with van der Waals surface area (Å²) < 4.78 is 0. The molecule has 2 aromatic rings. The fourth-order valence-corrected chi connectivity index (χ4v) is 3.88. The molecule has 2 rings (SSSR count). The largest absolute Gasteiger partial charge is 0.350 e. The van der Waals surface area contributed by atoms with Crippen LogP contribution in [0.25, 0.3) is 0 Å². The van der Waals surface area contributed by atoms with Gasteiger partial charge >= 0.3 is 0 Å². The Balaban J connectivity index is 2.39. The van der Waals surface area contributed by atoms with Gasteiger partial charge in [0.2, 0.25) is 11.8 Å². The van der Waals surface area contributed by atoms with Crippen LogP contribution < -0.4 is 5.32 Å². The maximum absolute atomic E-state index is 13.3. The quantitative estimate of drug-likeness (QED) is 0.548. The van der Waals surface area contributed by atoms with Gasteiger partial charge in [-0.1, -0.05) is 59.9 Å². The third kappa shape index (κ3) is 6.90. The van der Waals surface area contributed by atoms with Gasteiger partial charge in [0.05, 0.1) is 6.42 Å². The SMILES string of the molecule is CCC(C(=O)NC(C)(C)C)N(Cc1c(Cl)cccc1Cl)C(=O)Cc1cccc(Cl)c1. The number of nitrogens with one attached hydrogen (secondary N) is 1. The number of carbonyl (C=O) groups is 2. The Hall–Kier alpha value is -1.75. The highest BCUT2D eigenvalue weighted by atomic mass is 35.5. The van der Waals surface area contributed by atoms with E-state index in [-0.39, 0.29) is 24.8 Å². The first-order chi connectivity index (χ1) is 14.0. The van der Waals surface area contributed by atoms with Gasteiger partial charge < -0.3 is 10.2 Å². The molecule has 0 fully saturated rings. The van der Waals surface area contributed by atoms with Crippen molar-refractivity contribution in [2.24, 2.45) is 0 Å². The Morgan fingerprint density at radius 1 is 1.03 bits per heavy atom. The Labute approximate surface area is 193 Å². The van der Waals surface area contributed by atoms with E-state index in [4.69, 9.17) is 34.8 Å². The van der Waals surface area contributed by atoms with Gasteiger partial charge in [-0.2, -0.15) is 0 Å². The molecule has 0 aliphatic carbocycles. The summed E-state index contributed by atoms with van der Waals surface area (Å²) in [6, 6.07) is 11.7. The van der Waals surface area contributed by atoms with Gasteiger partial charge in [-0.05, 0) is 57.0 Å². The number of benzene rings is 2. The van der Waals surface area contributed by atoms with Gasteiger partial charge in [-0.25, -0.2) is 0 Å². The van der Waals surface area contributed by atoms with E-state index in [2.05, 4.69) is 5.32 Å². The predicted octanol–water partition coefficient (Wildman–Crippen LogP) is 5.91. The number of carbonyl (C=O) groups excluding carboxylic acids is 2. The van der Waals surface area contributed by atoms with E-state index in [1.807, 2.05) is 33.8 Å². The molecule has 0 bridgehead atoms. The van der Waals surface area contributed by atoms with E-state index in [9.17, 15) is 9.59 Å². The second kappa shape index (κ2) is 10.5. The molecule has 1 atom stereocenters. The third-order valence-electron chi connectivity index (χ3n) is 4.52. The molecule has 2 amide bonds. The topological polar surface area (TPSA) is 49.4 Å². The lowest BCUT2D eigenvalue weighted by atomic mass is 10.0. The van der Waals surface area contributed by atoms with Crippen molar-refractivity contribution in [3.63, 3.8) is 0 Å². The first kappa shape index (κ1) is 24.5. The summed E-state index contributed by atoms with van der Waals surface area (Å²) >= 11 is 18.8. The van der Waals surface area contributed by atoms with Crippen LogP contribution in [0.4, 0.5) is 0 Å². The monoisotopic (exact) mass is 468 g/mol. The van der Waals surface area contributed by atoms with Crippen LogP contribution in [0.15, 0.2) is 42.5 Å². The first-order valence-electron chi connectivity index (χ1n) is 9.80. The first-order valence-corrected chi connectivity index (χ1v) is 10.9. The van der Waals surface area contributed by atoms with Crippen LogP contribution in [-0.2, 0) is 22.6 Å². The zero-order valence-corrected chi connectivity index (χ0v) is 19.9. The number of hydrogen-bond acceptors (Lipinski definition) is 2. The van der Waals surface area contributed by atoms with Crippen molar-refractivity contribution in [3.8, 4) is 0 Å². The predicted molar refractivity (Wildman–Crippen MR) is 124 cm³/mol. The van der Waals surface area contributed by atoms with Crippen molar-refractivity contribution in [3.05, 3.63) is 68.7 Å². The van der Waals surface area contributed by atoms with Crippen LogP contribution in [0.2, 0.25) is 15.1 Å². The average Bonchev–Trinajstić information content (AvgIpc) is 2.62. The lowest BCUT2D eigenvalue weighted by Crippen LogP contribution is -2.53. The zero-order chi connectivity index (χ0) is 22.5. The summed E-state index contributed by atoms with van der Waals surface area (Å²) in [5.41, 5.74) is 0.963. The van der Waals surface area contributed by atoms with Crippen molar-refractivity contribution in [2.45, 2.75) is 58.7 Å². The number of amides is 2. The summed E-state index contributed by atoms with van der Waals surface area (Å²) in [6.45, 7) is 7.72. The molecular weight excluding hydrogens is 443 g/mol. The summed E-state index contributed by atoms with van der Waals surface area (Å²) in [7, 11) is 0. The fraction of sp³-hybridized carbons (Fsp3) is 0.391. The molecule has 0 saturated heterocycles. The molecule has 0 radical (unpaired) electrons. The van der Waals surface area contributed by atoms with E-state index in [0.717, 1.165) is 5.56 Å². The minimum atomic E-state index is -0.664. The molecule has 0 spiro atoms. The van der Waals surface area contributed by atoms with Crippen LogP contribution >= 0.6 is 34.8 Å². The Bertz CT molecular complexity index is 889. The molecule has 0 aromatic heterocycles. The highest BCUT2D eigenvalue weighted by Crippen LogP contribution is 2.27. The zero-order valence-electron chi connectivity index (χ0n) is 17.6. The van der Waals surface area contributed by atoms with Crippen molar-refractivity contribution < 1.29 is 9.59 Å². The molecule has 0 saturated carbocycles.